The van der Waals surface area contributed by atoms with Crippen LogP contribution in [0, 0.1) is 0 Å². The summed E-state index contributed by atoms with van der Waals surface area (Å²) in [6.07, 6.45) is 4.05. The maximum absolute atomic E-state index is 12.1. The number of nitrogens with one attached hydrogen (secondary N) is 1. The molecule has 21 heavy (non-hydrogen) atoms. The van der Waals surface area contributed by atoms with Crippen LogP contribution in [-0.2, 0) is 4.74 Å². The predicted molar refractivity (Wildman–Crippen MR) is 79.0 cm³/mol. The highest BCUT2D eigenvalue weighted by Gasteiger charge is 2.41. The number of hydrogen-bond donors (Lipinski definition) is 1. The average Bonchev–Trinajstić information content (AvgIpc) is 2.96. The third kappa shape index (κ3) is 2.66. The van der Waals surface area contributed by atoms with Gasteiger partial charge in [0.25, 0.3) is 0 Å². The van der Waals surface area contributed by atoms with Gasteiger partial charge in [0.05, 0.1) is 12.6 Å². The van der Waals surface area contributed by atoms with Crippen molar-refractivity contribution in [2.45, 2.75) is 38.8 Å². The fourth-order valence-electron chi connectivity index (χ4n) is 2.71. The summed E-state index contributed by atoms with van der Waals surface area (Å²) in [6.45, 7) is 6.16. The van der Waals surface area contributed by atoms with Gasteiger partial charge in [-0.2, -0.15) is 0 Å². The lowest BCUT2D eigenvalue weighted by Gasteiger charge is -2.31. The first-order chi connectivity index (χ1) is 9.83. The van der Waals surface area contributed by atoms with Crippen molar-refractivity contribution in [2.75, 3.05) is 11.4 Å². The van der Waals surface area contributed by atoms with E-state index in [4.69, 9.17) is 4.74 Å². The first-order valence-electron chi connectivity index (χ1n) is 7.02. The molecule has 1 amide bonds. The Morgan fingerprint density at radius 1 is 1.43 bits per heavy atom. The summed E-state index contributed by atoms with van der Waals surface area (Å²) in [5.41, 5.74) is 1.17. The molecule has 0 spiro atoms. The van der Waals surface area contributed by atoms with Crippen molar-refractivity contribution in [1.29, 1.82) is 0 Å². The fourth-order valence-corrected chi connectivity index (χ4v) is 2.71. The minimum absolute atomic E-state index is 0.127. The second-order valence-electron chi connectivity index (χ2n) is 6.39. The van der Waals surface area contributed by atoms with Gasteiger partial charge in [-0.15, -0.1) is 0 Å². The second-order valence-corrected chi connectivity index (χ2v) is 6.39. The molecule has 1 saturated heterocycles. The number of nitrogens with zero attached hydrogens (tertiary/aromatic N) is 2. The van der Waals surface area contributed by atoms with Crippen LogP contribution in [0.4, 0.5) is 10.5 Å². The number of ether oxygens (including phenoxy) is 1. The van der Waals surface area contributed by atoms with Gasteiger partial charge in [0, 0.05) is 36.3 Å². The predicted octanol–water partition coefficient (Wildman–Crippen LogP) is 2.05. The number of amides is 1. The highest BCUT2D eigenvalue weighted by molar-refractivity contribution is 5.73. The van der Waals surface area contributed by atoms with E-state index in [9.17, 15) is 9.59 Å². The molecule has 6 nitrogen and oxygen atoms in total. The fraction of sp³-hybridized carbons (Fsp3) is 0.467. The van der Waals surface area contributed by atoms with Crippen molar-refractivity contribution in [3.05, 3.63) is 40.6 Å². The summed E-state index contributed by atoms with van der Waals surface area (Å²) in [7, 11) is 0. The van der Waals surface area contributed by atoms with E-state index in [1.54, 1.807) is 17.2 Å². The molecule has 0 saturated carbocycles. The Balaban J connectivity index is 1.78. The molecular weight excluding hydrogens is 270 g/mol. The first-order valence-corrected chi connectivity index (χ1v) is 7.02. The van der Waals surface area contributed by atoms with Crippen LogP contribution >= 0.6 is 0 Å². The zero-order valence-electron chi connectivity index (χ0n) is 12.4. The van der Waals surface area contributed by atoms with Crippen molar-refractivity contribution in [1.82, 2.24) is 9.88 Å². The van der Waals surface area contributed by atoms with Gasteiger partial charge in [-0.25, -0.2) is 4.79 Å². The first kappa shape index (κ1) is 13.7. The Kier molecular flexibility index (Phi) is 3.04. The third-order valence-corrected chi connectivity index (χ3v) is 3.54. The Hall–Kier alpha value is -2.24. The van der Waals surface area contributed by atoms with Crippen LogP contribution in [0.5, 0.6) is 0 Å². The number of carbonyl (C=O) groups is 1. The summed E-state index contributed by atoms with van der Waals surface area (Å²) < 4.78 is 5.41. The Bertz CT molecular complexity index is 657. The van der Waals surface area contributed by atoms with Gasteiger partial charge in [0.1, 0.15) is 5.60 Å². The number of aromatic amines is 1. The maximum Gasteiger partial charge on any atom is 0.414 e. The van der Waals surface area contributed by atoms with Gasteiger partial charge in [0.2, 0.25) is 5.56 Å². The van der Waals surface area contributed by atoms with Gasteiger partial charge in [-0.3, -0.25) is 9.69 Å². The molecule has 2 bridgehead atoms. The topological polar surface area (TPSA) is 65.6 Å². The number of fused-ring (bicyclic) bond motifs is 2. The molecule has 1 aromatic rings. The number of pyridine rings is 1. The molecule has 1 atom stereocenters. The van der Waals surface area contributed by atoms with E-state index in [0.29, 0.717) is 6.54 Å². The summed E-state index contributed by atoms with van der Waals surface area (Å²) in [4.78, 5) is 29.9. The number of aromatic nitrogens is 1. The van der Waals surface area contributed by atoms with Crippen LogP contribution in [-0.4, -0.2) is 34.2 Å². The summed E-state index contributed by atoms with van der Waals surface area (Å²) in [5.74, 6) is 0. The number of anilines is 1. The highest BCUT2D eigenvalue weighted by atomic mass is 16.6. The monoisotopic (exact) mass is 289 g/mol. The van der Waals surface area contributed by atoms with Crippen LogP contribution in [0.15, 0.2) is 35.0 Å². The minimum atomic E-state index is -0.494. The normalized spacial score (nSPS) is 20.7. The zero-order valence-corrected chi connectivity index (χ0v) is 12.4. The molecule has 0 aliphatic carbocycles. The van der Waals surface area contributed by atoms with Crippen molar-refractivity contribution < 1.29 is 9.53 Å². The number of likely N-dealkylation sites (tertiary alicyclic amines) is 1. The Morgan fingerprint density at radius 3 is 2.76 bits per heavy atom. The van der Waals surface area contributed by atoms with Crippen molar-refractivity contribution >= 4 is 11.8 Å². The largest absolute Gasteiger partial charge is 0.443 e. The lowest BCUT2D eigenvalue weighted by molar-refractivity contribution is 0.0331. The van der Waals surface area contributed by atoms with Gasteiger partial charge in [-0.1, -0.05) is 0 Å². The van der Waals surface area contributed by atoms with E-state index < -0.39 is 5.60 Å². The molecule has 1 N–H and O–H groups in total. The molecule has 6 heteroatoms. The van der Waals surface area contributed by atoms with Crippen molar-refractivity contribution in [3.63, 3.8) is 0 Å². The van der Waals surface area contributed by atoms with Crippen LogP contribution in [0.25, 0.3) is 0 Å². The minimum Gasteiger partial charge on any atom is -0.443 e. The molecule has 0 radical (unpaired) electrons. The molecule has 2 aliphatic rings. The van der Waals surface area contributed by atoms with Crippen LogP contribution in [0.1, 0.15) is 27.2 Å². The van der Waals surface area contributed by atoms with Gasteiger partial charge < -0.3 is 14.6 Å². The van der Waals surface area contributed by atoms with E-state index in [2.05, 4.69) is 4.98 Å². The molecule has 1 unspecified atom stereocenters. The van der Waals surface area contributed by atoms with Crippen molar-refractivity contribution in [2.24, 2.45) is 0 Å². The van der Waals surface area contributed by atoms with Crippen molar-refractivity contribution in [3.8, 4) is 0 Å². The van der Waals surface area contributed by atoms with E-state index in [1.165, 1.54) is 0 Å². The van der Waals surface area contributed by atoms with Crippen LogP contribution < -0.4 is 10.5 Å². The second kappa shape index (κ2) is 4.65. The maximum atomic E-state index is 12.1. The van der Waals surface area contributed by atoms with E-state index in [-0.39, 0.29) is 17.7 Å². The standard InChI is InChI=1S/C15H19N3O3/c1-15(2,3)21-14(20)18-9-11-6-12(18)8-17(11)10-4-5-16-13(19)7-10/h4-5,7-8,11H,6,9H2,1-3H3,(H,16,19). The molecular formula is C15H19N3O3. The third-order valence-electron chi connectivity index (χ3n) is 3.54. The number of H-pyrrole nitrogens is 1. The van der Waals surface area contributed by atoms with E-state index >= 15 is 0 Å². The smallest absolute Gasteiger partial charge is 0.414 e. The van der Waals surface area contributed by atoms with E-state index in [1.807, 2.05) is 37.9 Å². The average molecular weight is 289 g/mol. The summed E-state index contributed by atoms with van der Waals surface area (Å²) >= 11 is 0. The van der Waals surface area contributed by atoms with Gasteiger partial charge >= 0.3 is 6.09 Å². The van der Waals surface area contributed by atoms with Crippen LogP contribution in [0.3, 0.4) is 0 Å². The molecule has 3 rings (SSSR count). The van der Waals surface area contributed by atoms with Gasteiger partial charge in [-0.05, 0) is 26.8 Å². The quantitative estimate of drug-likeness (QED) is 0.859. The van der Waals surface area contributed by atoms with Gasteiger partial charge in [0.15, 0.2) is 0 Å². The number of hydrogen-bond acceptors (Lipinski definition) is 4. The molecule has 1 fully saturated rings. The summed E-state index contributed by atoms with van der Waals surface area (Å²) in [5, 5.41) is 0. The molecule has 112 valence electrons. The highest BCUT2D eigenvalue weighted by Crippen LogP contribution is 2.36. The Morgan fingerprint density at radius 2 is 2.19 bits per heavy atom. The Labute approximate surface area is 123 Å². The number of rotatable bonds is 1. The lowest BCUT2D eigenvalue weighted by atomic mass is 10.2. The summed E-state index contributed by atoms with van der Waals surface area (Å²) in [6, 6.07) is 3.60. The molecule has 1 aromatic heterocycles. The van der Waals surface area contributed by atoms with Crippen LogP contribution in [0.2, 0.25) is 0 Å². The van der Waals surface area contributed by atoms with E-state index in [0.717, 1.165) is 17.8 Å². The SMILES string of the molecule is CC(C)(C)OC(=O)N1CC2CC1=CN2c1cc[nH]c(=O)c1. The molecule has 0 aromatic carbocycles. The lowest BCUT2D eigenvalue weighted by Crippen LogP contribution is -2.41. The number of carbonyl (C=O) groups excluding carboxylic acids is 1. The molecule has 2 aliphatic heterocycles. The molecule has 3 heterocycles. The zero-order chi connectivity index (χ0) is 15.2.